The van der Waals surface area contributed by atoms with Crippen LogP contribution in [0.5, 0.6) is 0 Å². The van der Waals surface area contributed by atoms with Crippen LogP contribution in [-0.2, 0) is 6.42 Å². The minimum Gasteiger partial charge on any atom is -0.342 e. The van der Waals surface area contributed by atoms with Crippen molar-refractivity contribution in [2.75, 3.05) is 18.5 Å². The summed E-state index contributed by atoms with van der Waals surface area (Å²) in [4.78, 5) is 5.32. The van der Waals surface area contributed by atoms with Crippen molar-refractivity contribution in [2.24, 2.45) is 5.73 Å². The van der Waals surface area contributed by atoms with E-state index in [1.165, 1.54) is 18.4 Å². The second-order valence-electron chi connectivity index (χ2n) is 4.81. The lowest BCUT2D eigenvalue weighted by atomic mass is 10.0. The lowest BCUT2D eigenvalue weighted by molar-refractivity contribution is -0.119. The number of anilines is 1. The quantitative estimate of drug-likeness (QED) is 0.919. The predicted octanol–water partition coefficient (Wildman–Crippen LogP) is 3.38. The molecule has 21 heavy (non-hydrogen) atoms. The van der Waals surface area contributed by atoms with Gasteiger partial charge in [0.2, 0.25) is 0 Å². The molecular formula is C14H16F3N3S. The van der Waals surface area contributed by atoms with Crippen molar-refractivity contribution >= 4 is 16.5 Å². The van der Waals surface area contributed by atoms with Gasteiger partial charge in [-0.15, -0.1) is 11.3 Å². The van der Waals surface area contributed by atoms with E-state index in [0.29, 0.717) is 17.2 Å². The van der Waals surface area contributed by atoms with Crippen molar-refractivity contribution < 1.29 is 13.2 Å². The number of aromatic nitrogens is 1. The highest BCUT2D eigenvalue weighted by Crippen LogP contribution is 2.25. The molecule has 3 nitrogen and oxygen atoms in total. The van der Waals surface area contributed by atoms with Crippen molar-refractivity contribution in [3.8, 4) is 0 Å². The summed E-state index contributed by atoms with van der Waals surface area (Å²) in [6.45, 7) is -1.01. The Morgan fingerprint density at radius 2 is 1.95 bits per heavy atom. The number of nitrogens with zero attached hydrogens (tertiary/aromatic N) is 2. The molecule has 7 heteroatoms. The van der Waals surface area contributed by atoms with Gasteiger partial charge >= 0.3 is 6.18 Å². The largest absolute Gasteiger partial charge is 0.405 e. The monoisotopic (exact) mass is 315 g/mol. The van der Waals surface area contributed by atoms with Gasteiger partial charge in [-0.25, -0.2) is 4.98 Å². The van der Waals surface area contributed by atoms with Crippen LogP contribution >= 0.6 is 11.3 Å². The highest BCUT2D eigenvalue weighted by molar-refractivity contribution is 7.13. The van der Waals surface area contributed by atoms with Gasteiger partial charge in [-0.05, 0) is 5.56 Å². The molecule has 1 aromatic heterocycles. The van der Waals surface area contributed by atoms with Crippen LogP contribution in [0.4, 0.5) is 18.3 Å². The van der Waals surface area contributed by atoms with E-state index in [1.807, 2.05) is 30.3 Å². The van der Waals surface area contributed by atoms with Crippen LogP contribution in [0.2, 0.25) is 0 Å². The summed E-state index contributed by atoms with van der Waals surface area (Å²) in [6, 6.07) is 9.34. The van der Waals surface area contributed by atoms with Crippen molar-refractivity contribution in [1.82, 2.24) is 4.98 Å². The van der Waals surface area contributed by atoms with Crippen LogP contribution in [0.25, 0.3) is 0 Å². The molecule has 0 fully saturated rings. The van der Waals surface area contributed by atoms with Gasteiger partial charge in [0.25, 0.3) is 0 Å². The second-order valence-corrected chi connectivity index (χ2v) is 5.65. The van der Waals surface area contributed by atoms with E-state index in [4.69, 9.17) is 5.73 Å². The Balaban J connectivity index is 2.00. The summed E-state index contributed by atoms with van der Waals surface area (Å²) in [6.07, 6.45) is -3.73. The summed E-state index contributed by atoms with van der Waals surface area (Å²) >= 11 is 1.19. The zero-order valence-electron chi connectivity index (χ0n) is 11.5. The van der Waals surface area contributed by atoms with Crippen molar-refractivity contribution in [3.63, 3.8) is 0 Å². The fourth-order valence-electron chi connectivity index (χ4n) is 1.95. The van der Waals surface area contributed by atoms with Crippen LogP contribution < -0.4 is 10.6 Å². The lowest BCUT2D eigenvalue weighted by Gasteiger charge is -2.17. The average molecular weight is 315 g/mol. The SMILES string of the molecule is CN(CC(F)(F)F)c1nc(CC(N)c2ccccc2)cs1. The molecule has 2 N–H and O–H groups in total. The van der Waals surface area contributed by atoms with Gasteiger partial charge in [0.1, 0.15) is 6.54 Å². The van der Waals surface area contributed by atoms with Crippen LogP contribution in [0.3, 0.4) is 0 Å². The van der Waals surface area contributed by atoms with Gasteiger partial charge in [-0.3, -0.25) is 0 Å². The smallest absolute Gasteiger partial charge is 0.342 e. The maximum atomic E-state index is 12.3. The molecular weight excluding hydrogens is 299 g/mol. The van der Waals surface area contributed by atoms with E-state index in [2.05, 4.69) is 4.98 Å². The number of halogens is 3. The third kappa shape index (κ3) is 4.71. The molecule has 0 spiro atoms. The molecule has 1 atom stereocenters. The molecule has 0 radical (unpaired) electrons. The van der Waals surface area contributed by atoms with Crippen LogP contribution in [0.1, 0.15) is 17.3 Å². The first-order valence-corrected chi connectivity index (χ1v) is 7.26. The topological polar surface area (TPSA) is 42.2 Å². The maximum Gasteiger partial charge on any atom is 0.405 e. The number of nitrogens with two attached hydrogens (primary N) is 1. The van der Waals surface area contributed by atoms with E-state index in [0.717, 1.165) is 10.5 Å². The molecule has 2 aromatic rings. The van der Waals surface area contributed by atoms with Crippen molar-refractivity contribution in [2.45, 2.75) is 18.6 Å². The fraction of sp³-hybridized carbons (Fsp3) is 0.357. The molecule has 114 valence electrons. The molecule has 0 aliphatic rings. The first-order chi connectivity index (χ1) is 9.85. The Kier molecular flexibility index (Phi) is 4.84. The molecule has 0 saturated heterocycles. The number of rotatable bonds is 5. The molecule has 0 aliphatic heterocycles. The Bertz CT molecular complexity index is 568. The summed E-state index contributed by atoms with van der Waals surface area (Å²) in [5.41, 5.74) is 7.78. The average Bonchev–Trinajstić information content (AvgIpc) is 2.86. The van der Waals surface area contributed by atoms with Crippen LogP contribution in [0.15, 0.2) is 35.7 Å². The predicted molar refractivity (Wildman–Crippen MR) is 78.5 cm³/mol. The van der Waals surface area contributed by atoms with Gasteiger partial charge in [0.05, 0.1) is 5.69 Å². The molecule has 0 amide bonds. The maximum absolute atomic E-state index is 12.3. The Labute approximate surface area is 125 Å². The van der Waals surface area contributed by atoms with Gasteiger partial charge < -0.3 is 10.6 Å². The first-order valence-electron chi connectivity index (χ1n) is 6.38. The fourth-order valence-corrected chi connectivity index (χ4v) is 2.75. The molecule has 1 aromatic carbocycles. The van der Waals surface area contributed by atoms with Crippen LogP contribution in [0, 0.1) is 0 Å². The highest BCUT2D eigenvalue weighted by Gasteiger charge is 2.30. The molecule has 0 bridgehead atoms. The van der Waals surface area contributed by atoms with Gasteiger partial charge in [-0.2, -0.15) is 13.2 Å². The van der Waals surface area contributed by atoms with Gasteiger partial charge in [-0.1, -0.05) is 30.3 Å². The molecule has 0 aliphatic carbocycles. The zero-order valence-corrected chi connectivity index (χ0v) is 12.3. The second kappa shape index (κ2) is 6.44. The van der Waals surface area contributed by atoms with E-state index in [1.54, 1.807) is 5.38 Å². The first kappa shape index (κ1) is 15.8. The standard InChI is InChI=1S/C14H16F3N3S/c1-20(9-14(15,16)17)13-19-11(8-21-13)7-12(18)10-5-3-2-4-6-10/h2-6,8,12H,7,9,18H2,1H3. The van der Waals surface area contributed by atoms with E-state index in [9.17, 15) is 13.2 Å². The van der Waals surface area contributed by atoms with Crippen molar-refractivity contribution in [3.05, 3.63) is 47.0 Å². The van der Waals surface area contributed by atoms with E-state index >= 15 is 0 Å². The third-order valence-electron chi connectivity index (χ3n) is 2.94. The Morgan fingerprint density at radius 1 is 1.29 bits per heavy atom. The summed E-state index contributed by atoms with van der Waals surface area (Å²) in [7, 11) is 1.38. The summed E-state index contributed by atoms with van der Waals surface area (Å²) in [5, 5.41) is 2.10. The Morgan fingerprint density at radius 3 is 2.57 bits per heavy atom. The normalized spacial score (nSPS) is 13.2. The van der Waals surface area contributed by atoms with Gasteiger partial charge in [0, 0.05) is 24.9 Å². The molecule has 0 saturated carbocycles. The van der Waals surface area contributed by atoms with Crippen LogP contribution in [-0.4, -0.2) is 24.8 Å². The number of thiazole rings is 1. The number of hydrogen-bond donors (Lipinski definition) is 1. The third-order valence-corrected chi connectivity index (χ3v) is 3.94. The molecule has 2 rings (SSSR count). The van der Waals surface area contributed by atoms with Crippen molar-refractivity contribution in [1.29, 1.82) is 0 Å². The summed E-state index contributed by atoms with van der Waals surface area (Å²) in [5.74, 6) is 0. The minimum atomic E-state index is -4.24. The number of alkyl halides is 3. The van der Waals surface area contributed by atoms with E-state index in [-0.39, 0.29) is 6.04 Å². The molecule has 1 unspecified atom stereocenters. The van der Waals surface area contributed by atoms with E-state index < -0.39 is 12.7 Å². The summed E-state index contributed by atoms with van der Waals surface area (Å²) < 4.78 is 37.0. The number of hydrogen-bond acceptors (Lipinski definition) is 4. The lowest BCUT2D eigenvalue weighted by Crippen LogP contribution is -2.30. The molecule has 1 heterocycles. The number of benzene rings is 1. The highest BCUT2D eigenvalue weighted by atomic mass is 32.1. The zero-order chi connectivity index (χ0) is 15.5. The van der Waals surface area contributed by atoms with Gasteiger partial charge in [0.15, 0.2) is 5.13 Å². The minimum absolute atomic E-state index is 0.214. The Hall–Kier alpha value is -1.60.